The minimum atomic E-state index is 0.164. The SMILES string of the molecule is CC(C)COCCCNCC1(CO)CCCCC1. The van der Waals surface area contributed by atoms with E-state index in [1.54, 1.807) is 0 Å². The quantitative estimate of drug-likeness (QED) is 0.624. The molecule has 0 bridgehead atoms. The van der Waals surface area contributed by atoms with Gasteiger partial charge in [-0.15, -0.1) is 0 Å². The lowest BCUT2D eigenvalue weighted by molar-refractivity contribution is 0.0785. The van der Waals surface area contributed by atoms with E-state index in [-0.39, 0.29) is 5.41 Å². The Bertz CT molecular complexity index is 201. The lowest BCUT2D eigenvalue weighted by Crippen LogP contribution is -2.39. The molecule has 0 aromatic heterocycles. The Morgan fingerprint density at radius 1 is 1.22 bits per heavy atom. The largest absolute Gasteiger partial charge is 0.396 e. The van der Waals surface area contributed by atoms with E-state index in [1.165, 1.54) is 32.1 Å². The van der Waals surface area contributed by atoms with Crippen LogP contribution in [0.1, 0.15) is 52.4 Å². The normalized spacial score (nSPS) is 19.3. The Labute approximate surface area is 112 Å². The van der Waals surface area contributed by atoms with Gasteiger partial charge in [0.05, 0.1) is 0 Å². The number of aliphatic hydroxyl groups is 1. The average molecular weight is 257 g/mol. The molecule has 1 aliphatic rings. The van der Waals surface area contributed by atoms with Crippen molar-refractivity contribution in [1.29, 1.82) is 0 Å². The first kappa shape index (κ1) is 15.9. The van der Waals surface area contributed by atoms with Gasteiger partial charge >= 0.3 is 0 Å². The molecule has 0 saturated heterocycles. The maximum absolute atomic E-state index is 9.58. The standard InChI is InChI=1S/C15H31NO2/c1-14(2)11-18-10-6-9-16-12-15(13-17)7-4-3-5-8-15/h14,16-17H,3-13H2,1-2H3. The summed E-state index contributed by atoms with van der Waals surface area (Å²) in [5.41, 5.74) is 0.164. The van der Waals surface area contributed by atoms with Crippen LogP contribution in [0.4, 0.5) is 0 Å². The summed E-state index contributed by atoms with van der Waals surface area (Å²) in [4.78, 5) is 0. The van der Waals surface area contributed by atoms with Gasteiger partial charge in [-0.3, -0.25) is 0 Å². The Hall–Kier alpha value is -0.120. The van der Waals surface area contributed by atoms with Gasteiger partial charge in [0, 0.05) is 31.8 Å². The molecule has 3 nitrogen and oxygen atoms in total. The van der Waals surface area contributed by atoms with Crippen LogP contribution >= 0.6 is 0 Å². The van der Waals surface area contributed by atoms with Crippen molar-refractivity contribution in [2.75, 3.05) is 32.9 Å². The first-order valence-electron chi connectivity index (χ1n) is 7.58. The van der Waals surface area contributed by atoms with Gasteiger partial charge < -0.3 is 15.2 Å². The molecule has 108 valence electrons. The summed E-state index contributed by atoms with van der Waals surface area (Å²) < 4.78 is 5.55. The summed E-state index contributed by atoms with van der Waals surface area (Å²) in [5.74, 6) is 0.623. The number of ether oxygens (including phenoxy) is 1. The minimum Gasteiger partial charge on any atom is -0.396 e. The topological polar surface area (TPSA) is 41.5 Å². The highest BCUT2D eigenvalue weighted by molar-refractivity contribution is 4.84. The lowest BCUT2D eigenvalue weighted by Gasteiger charge is -2.35. The van der Waals surface area contributed by atoms with Gasteiger partial charge in [-0.2, -0.15) is 0 Å². The van der Waals surface area contributed by atoms with Gasteiger partial charge in [0.15, 0.2) is 0 Å². The summed E-state index contributed by atoms with van der Waals surface area (Å²) in [6, 6.07) is 0. The van der Waals surface area contributed by atoms with E-state index < -0.39 is 0 Å². The minimum absolute atomic E-state index is 0.164. The second kappa shape index (κ2) is 8.89. The van der Waals surface area contributed by atoms with E-state index in [1.807, 2.05) is 0 Å². The molecular weight excluding hydrogens is 226 g/mol. The second-order valence-corrected chi connectivity index (χ2v) is 6.22. The summed E-state index contributed by atoms with van der Waals surface area (Å²) in [6.07, 6.45) is 7.32. The van der Waals surface area contributed by atoms with Crippen molar-refractivity contribution < 1.29 is 9.84 Å². The summed E-state index contributed by atoms with van der Waals surface area (Å²) in [7, 11) is 0. The highest BCUT2D eigenvalue weighted by atomic mass is 16.5. The predicted molar refractivity (Wildman–Crippen MR) is 75.7 cm³/mol. The van der Waals surface area contributed by atoms with Crippen LogP contribution in [0.5, 0.6) is 0 Å². The number of hydrogen-bond acceptors (Lipinski definition) is 3. The van der Waals surface area contributed by atoms with Gasteiger partial charge in [0.1, 0.15) is 0 Å². The van der Waals surface area contributed by atoms with Crippen molar-refractivity contribution >= 4 is 0 Å². The highest BCUT2D eigenvalue weighted by Crippen LogP contribution is 2.35. The smallest absolute Gasteiger partial charge is 0.0499 e. The third-order valence-electron chi connectivity index (χ3n) is 3.84. The number of hydrogen-bond donors (Lipinski definition) is 2. The monoisotopic (exact) mass is 257 g/mol. The molecule has 2 N–H and O–H groups in total. The Morgan fingerprint density at radius 2 is 1.94 bits per heavy atom. The van der Waals surface area contributed by atoms with Gasteiger partial charge in [-0.25, -0.2) is 0 Å². The molecule has 0 radical (unpaired) electrons. The van der Waals surface area contributed by atoms with Crippen LogP contribution in [-0.4, -0.2) is 38.0 Å². The lowest BCUT2D eigenvalue weighted by atomic mass is 9.74. The number of rotatable bonds is 9. The molecule has 0 spiro atoms. The van der Waals surface area contributed by atoms with E-state index >= 15 is 0 Å². The van der Waals surface area contributed by atoms with Gasteiger partial charge in [-0.1, -0.05) is 33.1 Å². The molecule has 0 aromatic carbocycles. The molecular formula is C15H31NO2. The first-order valence-corrected chi connectivity index (χ1v) is 7.58. The fourth-order valence-electron chi connectivity index (χ4n) is 2.66. The molecule has 0 aliphatic heterocycles. The Morgan fingerprint density at radius 3 is 2.56 bits per heavy atom. The highest BCUT2D eigenvalue weighted by Gasteiger charge is 2.30. The van der Waals surface area contributed by atoms with Gasteiger partial charge in [-0.05, 0) is 31.7 Å². The zero-order chi connectivity index (χ0) is 13.3. The molecule has 18 heavy (non-hydrogen) atoms. The van der Waals surface area contributed by atoms with Crippen molar-refractivity contribution in [3.63, 3.8) is 0 Å². The zero-order valence-electron chi connectivity index (χ0n) is 12.2. The van der Waals surface area contributed by atoms with Gasteiger partial charge in [0.2, 0.25) is 0 Å². The number of nitrogens with one attached hydrogen (secondary N) is 1. The van der Waals surface area contributed by atoms with Crippen molar-refractivity contribution in [1.82, 2.24) is 5.32 Å². The fraction of sp³-hybridized carbons (Fsp3) is 1.00. The summed E-state index contributed by atoms with van der Waals surface area (Å²) in [6.45, 7) is 8.36. The van der Waals surface area contributed by atoms with Crippen molar-refractivity contribution in [3.8, 4) is 0 Å². The van der Waals surface area contributed by atoms with E-state index in [0.717, 1.165) is 32.7 Å². The Kier molecular flexibility index (Phi) is 7.87. The molecule has 0 atom stereocenters. The zero-order valence-corrected chi connectivity index (χ0v) is 12.2. The van der Waals surface area contributed by atoms with Crippen LogP contribution in [0.15, 0.2) is 0 Å². The maximum Gasteiger partial charge on any atom is 0.0499 e. The molecule has 1 saturated carbocycles. The van der Waals surface area contributed by atoms with Crippen LogP contribution in [0.25, 0.3) is 0 Å². The van der Waals surface area contributed by atoms with Crippen LogP contribution < -0.4 is 5.32 Å². The van der Waals surface area contributed by atoms with E-state index in [4.69, 9.17) is 4.74 Å². The predicted octanol–water partition coefficient (Wildman–Crippen LogP) is 2.58. The molecule has 1 fully saturated rings. The van der Waals surface area contributed by atoms with E-state index in [2.05, 4.69) is 19.2 Å². The van der Waals surface area contributed by atoms with Crippen molar-refractivity contribution in [2.24, 2.45) is 11.3 Å². The number of aliphatic hydroxyl groups excluding tert-OH is 1. The van der Waals surface area contributed by atoms with Crippen LogP contribution in [0, 0.1) is 11.3 Å². The summed E-state index contributed by atoms with van der Waals surface area (Å²) in [5, 5.41) is 13.1. The van der Waals surface area contributed by atoms with Crippen LogP contribution in [0.3, 0.4) is 0 Å². The van der Waals surface area contributed by atoms with Crippen molar-refractivity contribution in [3.05, 3.63) is 0 Å². The fourth-order valence-corrected chi connectivity index (χ4v) is 2.66. The van der Waals surface area contributed by atoms with Crippen LogP contribution in [-0.2, 0) is 4.74 Å². The molecule has 0 aromatic rings. The van der Waals surface area contributed by atoms with Gasteiger partial charge in [0.25, 0.3) is 0 Å². The average Bonchev–Trinajstić information content (AvgIpc) is 2.38. The Balaban J connectivity index is 2.02. The first-order chi connectivity index (χ1) is 8.68. The van der Waals surface area contributed by atoms with E-state index in [0.29, 0.717) is 12.5 Å². The third-order valence-corrected chi connectivity index (χ3v) is 3.84. The summed E-state index contributed by atoms with van der Waals surface area (Å²) >= 11 is 0. The van der Waals surface area contributed by atoms with Crippen LogP contribution in [0.2, 0.25) is 0 Å². The van der Waals surface area contributed by atoms with E-state index in [9.17, 15) is 5.11 Å². The maximum atomic E-state index is 9.58. The molecule has 3 heteroatoms. The molecule has 0 unspecified atom stereocenters. The second-order valence-electron chi connectivity index (χ2n) is 6.22. The van der Waals surface area contributed by atoms with Crippen molar-refractivity contribution in [2.45, 2.75) is 52.4 Å². The third kappa shape index (κ3) is 6.17. The molecule has 1 rings (SSSR count). The molecule has 1 aliphatic carbocycles. The molecule has 0 amide bonds. The molecule has 0 heterocycles.